The van der Waals surface area contributed by atoms with Gasteiger partial charge in [-0.1, -0.05) is 13.8 Å². The van der Waals surface area contributed by atoms with Crippen LogP contribution < -0.4 is 5.32 Å². The average Bonchev–Trinajstić information content (AvgIpc) is 2.08. The molecule has 2 nitrogen and oxygen atoms in total. The quantitative estimate of drug-likeness (QED) is 0.616. The zero-order valence-electron chi connectivity index (χ0n) is 7.73. The molecule has 0 aromatic heterocycles. The van der Waals surface area contributed by atoms with E-state index in [2.05, 4.69) is 10.2 Å². The van der Waals surface area contributed by atoms with Crippen LogP contribution in [-0.2, 0) is 0 Å². The average molecular weight is 162 g/mol. The molecular formula is C8H19FN2. The van der Waals surface area contributed by atoms with Crippen molar-refractivity contribution in [3.05, 3.63) is 0 Å². The normalized spacial score (nSPS) is 25.6. The molecule has 0 aliphatic carbocycles. The Morgan fingerprint density at radius 3 is 2.55 bits per heavy atom. The maximum atomic E-state index is 12.0. The number of halogens is 1. The van der Waals surface area contributed by atoms with Gasteiger partial charge in [0, 0.05) is 25.7 Å². The van der Waals surface area contributed by atoms with E-state index in [1.165, 1.54) is 0 Å². The molecule has 1 atom stereocenters. The van der Waals surface area contributed by atoms with E-state index in [1.54, 1.807) is 0 Å². The van der Waals surface area contributed by atoms with Crippen LogP contribution in [0.5, 0.6) is 0 Å². The van der Waals surface area contributed by atoms with Crippen molar-refractivity contribution in [2.24, 2.45) is 0 Å². The van der Waals surface area contributed by atoms with Crippen LogP contribution in [0.3, 0.4) is 0 Å². The Hall–Kier alpha value is -0.150. The van der Waals surface area contributed by atoms with Crippen LogP contribution >= 0.6 is 0 Å². The molecule has 0 radical (unpaired) electrons. The van der Waals surface area contributed by atoms with Gasteiger partial charge in [-0.15, -0.1) is 0 Å². The van der Waals surface area contributed by atoms with Gasteiger partial charge in [-0.25, -0.2) is 4.39 Å². The fourth-order valence-corrected chi connectivity index (χ4v) is 1.09. The van der Waals surface area contributed by atoms with Gasteiger partial charge in [-0.05, 0) is 7.05 Å². The molecule has 1 aliphatic heterocycles. The van der Waals surface area contributed by atoms with Crippen molar-refractivity contribution < 1.29 is 4.39 Å². The monoisotopic (exact) mass is 162 g/mol. The molecule has 68 valence electrons. The minimum absolute atomic E-state index is 0.0729. The van der Waals surface area contributed by atoms with Gasteiger partial charge in [0.25, 0.3) is 0 Å². The molecule has 3 heteroatoms. The van der Waals surface area contributed by atoms with Gasteiger partial charge in [0.05, 0.1) is 0 Å². The second-order valence-electron chi connectivity index (χ2n) is 2.57. The van der Waals surface area contributed by atoms with E-state index in [0.29, 0.717) is 0 Å². The standard InChI is InChI=1S/C6H13FN2.C2H6/c1-9-3-2-8-6(4-7)5-9;1-2/h6,8H,2-5H2,1H3;1-2H3. The summed E-state index contributed by atoms with van der Waals surface area (Å²) in [6, 6.07) is 0.0729. The number of hydrogen-bond acceptors (Lipinski definition) is 2. The van der Waals surface area contributed by atoms with E-state index in [4.69, 9.17) is 0 Å². The molecule has 0 amide bonds. The first-order valence-corrected chi connectivity index (χ1v) is 4.31. The van der Waals surface area contributed by atoms with Crippen LogP contribution in [0.4, 0.5) is 4.39 Å². The molecule has 0 aromatic rings. The van der Waals surface area contributed by atoms with Gasteiger partial charge in [0.2, 0.25) is 0 Å². The Kier molecular flexibility index (Phi) is 6.46. The molecule has 1 rings (SSSR count). The van der Waals surface area contributed by atoms with Crippen LogP contribution in [0.2, 0.25) is 0 Å². The Bertz CT molecular complexity index is 88.2. The lowest BCUT2D eigenvalue weighted by molar-refractivity contribution is 0.213. The molecule has 0 saturated carbocycles. The largest absolute Gasteiger partial charge is 0.309 e. The molecule has 1 fully saturated rings. The summed E-state index contributed by atoms with van der Waals surface area (Å²) in [6.45, 7) is 6.56. The number of piperazine rings is 1. The maximum absolute atomic E-state index is 12.0. The molecule has 0 aromatic carbocycles. The van der Waals surface area contributed by atoms with E-state index in [1.807, 2.05) is 20.9 Å². The van der Waals surface area contributed by atoms with E-state index in [9.17, 15) is 4.39 Å². The predicted molar refractivity (Wildman–Crippen MR) is 46.6 cm³/mol. The lowest BCUT2D eigenvalue weighted by atomic mass is 10.2. The van der Waals surface area contributed by atoms with Gasteiger partial charge < -0.3 is 10.2 Å². The second kappa shape index (κ2) is 6.55. The summed E-state index contributed by atoms with van der Waals surface area (Å²) in [5.41, 5.74) is 0. The Morgan fingerprint density at radius 2 is 2.18 bits per heavy atom. The van der Waals surface area contributed by atoms with Crippen molar-refractivity contribution in [1.82, 2.24) is 10.2 Å². The summed E-state index contributed by atoms with van der Waals surface area (Å²) < 4.78 is 12.0. The Labute approximate surface area is 68.8 Å². The molecule has 0 bridgehead atoms. The van der Waals surface area contributed by atoms with E-state index in [0.717, 1.165) is 19.6 Å². The smallest absolute Gasteiger partial charge is 0.106 e. The van der Waals surface area contributed by atoms with Gasteiger partial charge in [-0.2, -0.15) is 0 Å². The van der Waals surface area contributed by atoms with Crippen molar-refractivity contribution in [2.75, 3.05) is 33.4 Å². The highest BCUT2D eigenvalue weighted by Gasteiger charge is 2.14. The topological polar surface area (TPSA) is 15.3 Å². The molecule has 1 unspecified atom stereocenters. The number of nitrogens with one attached hydrogen (secondary N) is 1. The van der Waals surface area contributed by atoms with Crippen LogP contribution in [-0.4, -0.2) is 44.3 Å². The fourth-order valence-electron chi connectivity index (χ4n) is 1.09. The third-order valence-electron chi connectivity index (χ3n) is 1.64. The molecule has 1 saturated heterocycles. The first-order chi connectivity index (χ1) is 5.33. The summed E-state index contributed by atoms with van der Waals surface area (Å²) in [5.74, 6) is 0. The summed E-state index contributed by atoms with van der Waals surface area (Å²) in [5, 5.41) is 3.08. The number of nitrogens with zero attached hydrogens (tertiary/aromatic N) is 1. The third kappa shape index (κ3) is 4.32. The van der Waals surface area contributed by atoms with Crippen molar-refractivity contribution in [1.29, 1.82) is 0 Å². The van der Waals surface area contributed by atoms with Crippen LogP contribution in [0.25, 0.3) is 0 Å². The molecule has 0 spiro atoms. The summed E-state index contributed by atoms with van der Waals surface area (Å²) in [6.07, 6.45) is 0. The van der Waals surface area contributed by atoms with E-state index in [-0.39, 0.29) is 12.7 Å². The third-order valence-corrected chi connectivity index (χ3v) is 1.64. The number of hydrogen-bond donors (Lipinski definition) is 1. The van der Waals surface area contributed by atoms with Gasteiger partial charge in [-0.3, -0.25) is 0 Å². The first-order valence-electron chi connectivity index (χ1n) is 4.31. The second-order valence-corrected chi connectivity index (χ2v) is 2.57. The molecule has 1 aliphatic rings. The highest BCUT2D eigenvalue weighted by molar-refractivity contribution is 4.75. The van der Waals surface area contributed by atoms with E-state index < -0.39 is 0 Å². The lowest BCUT2D eigenvalue weighted by Crippen LogP contribution is -2.49. The molecule has 1 heterocycles. The van der Waals surface area contributed by atoms with Crippen molar-refractivity contribution >= 4 is 0 Å². The zero-order chi connectivity index (χ0) is 8.69. The fraction of sp³-hybridized carbons (Fsp3) is 1.00. The molecule has 11 heavy (non-hydrogen) atoms. The molecular weight excluding hydrogens is 143 g/mol. The minimum Gasteiger partial charge on any atom is -0.309 e. The summed E-state index contributed by atoms with van der Waals surface area (Å²) in [7, 11) is 2.02. The number of likely N-dealkylation sites (N-methyl/N-ethyl adjacent to an activating group) is 1. The lowest BCUT2D eigenvalue weighted by Gasteiger charge is -2.28. The summed E-state index contributed by atoms with van der Waals surface area (Å²) in [4.78, 5) is 2.14. The maximum Gasteiger partial charge on any atom is 0.106 e. The highest BCUT2D eigenvalue weighted by Crippen LogP contribution is 1.95. The van der Waals surface area contributed by atoms with Crippen molar-refractivity contribution in [3.63, 3.8) is 0 Å². The zero-order valence-corrected chi connectivity index (χ0v) is 7.73. The van der Waals surface area contributed by atoms with Gasteiger partial charge >= 0.3 is 0 Å². The van der Waals surface area contributed by atoms with Gasteiger partial charge in [0.1, 0.15) is 6.67 Å². The molecule has 1 N–H and O–H groups in total. The van der Waals surface area contributed by atoms with E-state index >= 15 is 0 Å². The number of rotatable bonds is 1. The van der Waals surface area contributed by atoms with Gasteiger partial charge in [0.15, 0.2) is 0 Å². The van der Waals surface area contributed by atoms with Crippen LogP contribution in [0.1, 0.15) is 13.8 Å². The van der Waals surface area contributed by atoms with Crippen molar-refractivity contribution in [2.45, 2.75) is 19.9 Å². The first kappa shape index (κ1) is 10.8. The number of alkyl halides is 1. The minimum atomic E-state index is -0.246. The Morgan fingerprint density at radius 1 is 1.55 bits per heavy atom. The summed E-state index contributed by atoms with van der Waals surface area (Å²) >= 11 is 0. The highest BCUT2D eigenvalue weighted by atomic mass is 19.1. The van der Waals surface area contributed by atoms with Crippen molar-refractivity contribution in [3.8, 4) is 0 Å². The van der Waals surface area contributed by atoms with Crippen LogP contribution in [0.15, 0.2) is 0 Å². The SMILES string of the molecule is CC.CN1CCNC(CF)C1. The predicted octanol–water partition coefficient (Wildman–Crippen LogP) is 0.886. The Balaban J connectivity index is 0.000000461. The van der Waals surface area contributed by atoms with Crippen LogP contribution in [0, 0.1) is 0 Å².